The molecule has 0 aliphatic carbocycles. The van der Waals surface area contributed by atoms with Crippen molar-refractivity contribution < 1.29 is 0 Å². The van der Waals surface area contributed by atoms with Crippen molar-refractivity contribution in [2.24, 2.45) is 5.92 Å². The number of hydrogen-bond donors (Lipinski definition) is 1. The average Bonchev–Trinajstić information content (AvgIpc) is 2.31. The highest BCUT2D eigenvalue weighted by atomic mass is 35.5. The molecule has 0 radical (unpaired) electrons. The molecule has 0 atom stereocenters. The molecule has 1 aliphatic rings. The summed E-state index contributed by atoms with van der Waals surface area (Å²) in [5, 5.41) is 4.71. The van der Waals surface area contributed by atoms with Gasteiger partial charge in [-0.1, -0.05) is 23.2 Å². The Kier molecular flexibility index (Phi) is 5.31. The van der Waals surface area contributed by atoms with Gasteiger partial charge < -0.3 is 5.32 Å². The first-order chi connectivity index (χ1) is 8.67. The molecule has 1 aromatic carbocycles. The molecule has 100 valence electrons. The number of likely N-dealkylation sites (tertiary alicyclic amines) is 1. The molecule has 0 bridgehead atoms. The minimum atomic E-state index is 0.725. The molecule has 4 heteroatoms. The van der Waals surface area contributed by atoms with Gasteiger partial charge in [-0.15, -0.1) is 0 Å². The fourth-order valence-corrected chi connectivity index (χ4v) is 3.17. The van der Waals surface area contributed by atoms with E-state index in [0.29, 0.717) is 0 Å². The smallest absolute Gasteiger partial charge is 0.0424 e. The van der Waals surface area contributed by atoms with Crippen molar-refractivity contribution in [3.63, 3.8) is 0 Å². The van der Waals surface area contributed by atoms with Gasteiger partial charge in [-0.3, -0.25) is 4.90 Å². The van der Waals surface area contributed by atoms with Gasteiger partial charge >= 0.3 is 0 Å². The van der Waals surface area contributed by atoms with Crippen molar-refractivity contribution in [1.82, 2.24) is 10.2 Å². The third-order valence-electron chi connectivity index (χ3n) is 3.53. The van der Waals surface area contributed by atoms with Gasteiger partial charge in [0.05, 0.1) is 0 Å². The van der Waals surface area contributed by atoms with Crippen LogP contribution in [0.4, 0.5) is 0 Å². The maximum Gasteiger partial charge on any atom is 0.0424 e. The number of hydrogen-bond acceptors (Lipinski definition) is 2. The van der Waals surface area contributed by atoms with Crippen LogP contribution in [0.5, 0.6) is 0 Å². The predicted molar refractivity (Wildman–Crippen MR) is 78.4 cm³/mol. The van der Waals surface area contributed by atoms with Crippen LogP contribution in [0.1, 0.15) is 18.4 Å². The molecule has 1 saturated heterocycles. The van der Waals surface area contributed by atoms with Crippen molar-refractivity contribution in [2.75, 3.05) is 26.7 Å². The molecular formula is C14H20Cl2N2. The lowest BCUT2D eigenvalue weighted by Crippen LogP contribution is -2.36. The third-order valence-corrected chi connectivity index (χ3v) is 3.96. The Bertz CT molecular complexity index is 367. The Morgan fingerprint density at radius 2 is 1.78 bits per heavy atom. The summed E-state index contributed by atoms with van der Waals surface area (Å²) in [4.78, 5) is 2.48. The second kappa shape index (κ2) is 6.76. The average molecular weight is 287 g/mol. The standard InChI is InChI=1S/C14H20Cl2N2/c1-17-9-11-2-4-18(5-3-11)10-12-6-13(15)8-14(16)7-12/h6-8,11,17H,2-5,9-10H2,1H3. The second-order valence-electron chi connectivity index (χ2n) is 5.05. The van der Waals surface area contributed by atoms with E-state index in [4.69, 9.17) is 23.2 Å². The normalized spacial score (nSPS) is 18.2. The number of nitrogens with one attached hydrogen (secondary N) is 1. The maximum absolute atomic E-state index is 6.02. The molecule has 1 aromatic rings. The first kappa shape index (κ1) is 14.1. The van der Waals surface area contributed by atoms with Crippen molar-refractivity contribution in [3.05, 3.63) is 33.8 Å². The molecule has 0 aromatic heterocycles. The summed E-state index contributed by atoms with van der Waals surface area (Å²) in [6.07, 6.45) is 2.55. The molecule has 1 fully saturated rings. The fraction of sp³-hybridized carbons (Fsp3) is 0.571. The van der Waals surface area contributed by atoms with Crippen LogP contribution < -0.4 is 5.32 Å². The van der Waals surface area contributed by atoms with Gasteiger partial charge in [-0.05, 0) is 69.2 Å². The summed E-state index contributed by atoms with van der Waals surface area (Å²) < 4.78 is 0. The maximum atomic E-state index is 6.02. The molecule has 0 amide bonds. The largest absolute Gasteiger partial charge is 0.319 e. The lowest BCUT2D eigenvalue weighted by atomic mass is 9.96. The van der Waals surface area contributed by atoms with Gasteiger partial charge in [-0.25, -0.2) is 0 Å². The van der Waals surface area contributed by atoms with Crippen molar-refractivity contribution in [3.8, 4) is 0 Å². The van der Waals surface area contributed by atoms with E-state index in [1.807, 2.05) is 19.2 Å². The van der Waals surface area contributed by atoms with E-state index < -0.39 is 0 Å². The van der Waals surface area contributed by atoms with Gasteiger partial charge in [0, 0.05) is 16.6 Å². The summed E-state index contributed by atoms with van der Waals surface area (Å²) in [7, 11) is 2.03. The highest BCUT2D eigenvalue weighted by Gasteiger charge is 2.18. The van der Waals surface area contributed by atoms with Crippen LogP contribution in [0.2, 0.25) is 10.0 Å². The van der Waals surface area contributed by atoms with Gasteiger partial charge in [-0.2, -0.15) is 0 Å². The van der Waals surface area contributed by atoms with Crippen molar-refractivity contribution in [2.45, 2.75) is 19.4 Å². The summed E-state index contributed by atoms with van der Waals surface area (Å²) in [6.45, 7) is 4.41. The molecule has 2 nitrogen and oxygen atoms in total. The monoisotopic (exact) mass is 286 g/mol. The summed E-state index contributed by atoms with van der Waals surface area (Å²) in [5.74, 6) is 0.828. The summed E-state index contributed by atoms with van der Waals surface area (Å²) in [6, 6.07) is 5.80. The van der Waals surface area contributed by atoms with Crippen LogP contribution in [0.3, 0.4) is 0 Å². The van der Waals surface area contributed by atoms with Crippen LogP contribution in [-0.2, 0) is 6.54 Å². The minimum Gasteiger partial charge on any atom is -0.319 e. The van der Waals surface area contributed by atoms with Gasteiger partial charge in [0.2, 0.25) is 0 Å². The Hall–Kier alpha value is -0.280. The predicted octanol–water partition coefficient (Wildman–Crippen LogP) is 3.42. The molecule has 2 rings (SSSR count). The lowest BCUT2D eigenvalue weighted by molar-refractivity contribution is 0.177. The van der Waals surface area contributed by atoms with E-state index in [1.165, 1.54) is 18.4 Å². The fourth-order valence-electron chi connectivity index (χ4n) is 2.60. The first-order valence-electron chi connectivity index (χ1n) is 6.49. The SMILES string of the molecule is CNCC1CCN(Cc2cc(Cl)cc(Cl)c2)CC1. The number of benzene rings is 1. The van der Waals surface area contributed by atoms with E-state index >= 15 is 0 Å². The van der Waals surface area contributed by atoms with E-state index in [-0.39, 0.29) is 0 Å². The topological polar surface area (TPSA) is 15.3 Å². The van der Waals surface area contributed by atoms with Crippen LogP contribution in [0.15, 0.2) is 18.2 Å². The van der Waals surface area contributed by atoms with E-state index in [1.54, 1.807) is 6.07 Å². The van der Waals surface area contributed by atoms with Crippen LogP contribution in [0.25, 0.3) is 0 Å². The Morgan fingerprint density at radius 3 is 2.33 bits per heavy atom. The minimum absolute atomic E-state index is 0.725. The molecule has 1 aliphatic heterocycles. The van der Waals surface area contributed by atoms with Gasteiger partial charge in [0.15, 0.2) is 0 Å². The summed E-state index contributed by atoms with van der Waals surface area (Å²) in [5.41, 5.74) is 1.21. The lowest BCUT2D eigenvalue weighted by Gasteiger charge is -2.31. The number of piperidine rings is 1. The highest BCUT2D eigenvalue weighted by Crippen LogP contribution is 2.22. The van der Waals surface area contributed by atoms with E-state index in [2.05, 4.69) is 10.2 Å². The number of rotatable bonds is 4. The van der Waals surface area contributed by atoms with Crippen molar-refractivity contribution in [1.29, 1.82) is 0 Å². The first-order valence-corrected chi connectivity index (χ1v) is 7.25. The second-order valence-corrected chi connectivity index (χ2v) is 5.93. The Morgan fingerprint density at radius 1 is 1.17 bits per heavy atom. The Labute approximate surface area is 119 Å². The van der Waals surface area contributed by atoms with Gasteiger partial charge in [0.1, 0.15) is 0 Å². The van der Waals surface area contributed by atoms with E-state index in [9.17, 15) is 0 Å². The van der Waals surface area contributed by atoms with Crippen LogP contribution in [0, 0.1) is 5.92 Å². The van der Waals surface area contributed by atoms with Gasteiger partial charge in [0.25, 0.3) is 0 Å². The third kappa shape index (κ3) is 4.13. The van der Waals surface area contributed by atoms with Crippen LogP contribution >= 0.6 is 23.2 Å². The van der Waals surface area contributed by atoms with Crippen molar-refractivity contribution >= 4 is 23.2 Å². The zero-order chi connectivity index (χ0) is 13.0. The number of nitrogens with zero attached hydrogens (tertiary/aromatic N) is 1. The number of halogens is 2. The molecule has 0 saturated carbocycles. The quantitative estimate of drug-likeness (QED) is 0.912. The zero-order valence-corrected chi connectivity index (χ0v) is 12.3. The molecule has 18 heavy (non-hydrogen) atoms. The molecule has 1 N–H and O–H groups in total. The Balaban J connectivity index is 1.87. The molecular weight excluding hydrogens is 267 g/mol. The molecule has 1 heterocycles. The van der Waals surface area contributed by atoms with Crippen LogP contribution in [-0.4, -0.2) is 31.6 Å². The highest BCUT2D eigenvalue weighted by molar-refractivity contribution is 6.34. The summed E-state index contributed by atoms with van der Waals surface area (Å²) >= 11 is 12.0. The molecule has 0 unspecified atom stereocenters. The van der Waals surface area contributed by atoms with E-state index in [0.717, 1.165) is 42.1 Å². The molecule has 0 spiro atoms. The zero-order valence-electron chi connectivity index (χ0n) is 10.8.